The van der Waals surface area contributed by atoms with Gasteiger partial charge in [-0.05, 0) is 26.0 Å². The molecule has 108 valence electrons. The fourth-order valence-electron chi connectivity index (χ4n) is 2.28. The molecule has 1 aliphatic rings. The van der Waals surface area contributed by atoms with E-state index < -0.39 is 24.1 Å². The van der Waals surface area contributed by atoms with Crippen molar-refractivity contribution in [1.82, 2.24) is 9.88 Å². The van der Waals surface area contributed by atoms with Crippen molar-refractivity contribution in [3.05, 3.63) is 23.5 Å². The predicted molar refractivity (Wildman–Crippen MR) is 71.5 cm³/mol. The van der Waals surface area contributed by atoms with Crippen LogP contribution in [0.1, 0.15) is 17.8 Å². The van der Waals surface area contributed by atoms with Crippen LogP contribution in [0, 0.1) is 13.8 Å². The highest BCUT2D eigenvalue weighted by atomic mass is 16.4. The van der Waals surface area contributed by atoms with E-state index >= 15 is 0 Å². The van der Waals surface area contributed by atoms with Crippen LogP contribution in [-0.4, -0.2) is 50.8 Å². The molecule has 2 rings (SSSR count). The number of amides is 2. The standard InChI is InChI=1S/C13H17N3O4/c1-7-3-4-10(8(2)14-7)15-13(20)16-6-9(17)5-11(16)12(18)19/h3-4,9,11,17H,5-6H2,1-2H3,(H,15,20)(H,18,19)/t9-,11+/m1/s1. The van der Waals surface area contributed by atoms with E-state index in [-0.39, 0.29) is 13.0 Å². The second-order valence-electron chi connectivity index (χ2n) is 4.91. The smallest absolute Gasteiger partial charge is 0.326 e. The molecule has 0 aromatic carbocycles. The number of hydrogen-bond acceptors (Lipinski definition) is 4. The Hall–Kier alpha value is -2.15. The second-order valence-corrected chi connectivity index (χ2v) is 4.91. The van der Waals surface area contributed by atoms with Crippen molar-refractivity contribution in [1.29, 1.82) is 0 Å². The van der Waals surface area contributed by atoms with Crippen LogP contribution in [0.2, 0.25) is 0 Å². The Morgan fingerprint density at radius 2 is 2.10 bits per heavy atom. The summed E-state index contributed by atoms with van der Waals surface area (Å²) >= 11 is 0. The average Bonchev–Trinajstić information content (AvgIpc) is 2.75. The summed E-state index contributed by atoms with van der Waals surface area (Å²) in [6.45, 7) is 3.62. The summed E-state index contributed by atoms with van der Waals surface area (Å²) in [6, 6.07) is 1.94. The van der Waals surface area contributed by atoms with Gasteiger partial charge in [0.25, 0.3) is 0 Å². The molecule has 1 aromatic rings. The molecular weight excluding hydrogens is 262 g/mol. The van der Waals surface area contributed by atoms with Gasteiger partial charge in [0.1, 0.15) is 6.04 Å². The largest absolute Gasteiger partial charge is 0.480 e. The predicted octanol–water partition coefficient (Wildman–Crippen LogP) is 0.750. The van der Waals surface area contributed by atoms with Gasteiger partial charge < -0.3 is 20.4 Å². The molecule has 1 aliphatic heterocycles. The molecule has 0 aliphatic carbocycles. The van der Waals surface area contributed by atoms with E-state index in [0.717, 1.165) is 10.6 Å². The lowest BCUT2D eigenvalue weighted by atomic mass is 10.2. The summed E-state index contributed by atoms with van der Waals surface area (Å²) in [5.41, 5.74) is 2.02. The Morgan fingerprint density at radius 1 is 1.40 bits per heavy atom. The van der Waals surface area contributed by atoms with Crippen molar-refractivity contribution in [3.63, 3.8) is 0 Å². The number of aromatic nitrogens is 1. The van der Waals surface area contributed by atoms with Gasteiger partial charge in [0.2, 0.25) is 0 Å². The zero-order valence-electron chi connectivity index (χ0n) is 11.3. The van der Waals surface area contributed by atoms with Crippen LogP contribution in [0.4, 0.5) is 10.5 Å². The van der Waals surface area contributed by atoms with Gasteiger partial charge in [0, 0.05) is 18.7 Å². The highest BCUT2D eigenvalue weighted by Crippen LogP contribution is 2.20. The summed E-state index contributed by atoms with van der Waals surface area (Å²) in [4.78, 5) is 28.6. The fourth-order valence-corrected chi connectivity index (χ4v) is 2.28. The number of nitrogens with zero attached hydrogens (tertiary/aromatic N) is 2. The number of pyridine rings is 1. The summed E-state index contributed by atoms with van der Waals surface area (Å²) in [5.74, 6) is -1.12. The average molecular weight is 279 g/mol. The summed E-state index contributed by atoms with van der Waals surface area (Å²) in [5, 5.41) is 21.2. The van der Waals surface area contributed by atoms with E-state index in [1.165, 1.54) is 0 Å². The fraction of sp³-hybridized carbons (Fsp3) is 0.462. The highest BCUT2D eigenvalue weighted by Gasteiger charge is 2.39. The maximum Gasteiger partial charge on any atom is 0.326 e. The molecule has 7 nitrogen and oxygen atoms in total. The molecule has 2 heterocycles. The van der Waals surface area contributed by atoms with Crippen LogP contribution in [0.25, 0.3) is 0 Å². The maximum absolute atomic E-state index is 12.1. The molecule has 0 spiro atoms. The van der Waals surface area contributed by atoms with Gasteiger partial charge in [-0.1, -0.05) is 0 Å². The zero-order valence-corrected chi connectivity index (χ0v) is 11.3. The van der Waals surface area contributed by atoms with Gasteiger partial charge in [-0.25, -0.2) is 9.59 Å². The number of aryl methyl sites for hydroxylation is 2. The monoisotopic (exact) mass is 279 g/mol. The minimum atomic E-state index is -1.12. The number of carbonyl (C=O) groups excluding carboxylic acids is 1. The van der Waals surface area contributed by atoms with Crippen LogP contribution in [0.3, 0.4) is 0 Å². The molecule has 2 atom stereocenters. The number of aliphatic carboxylic acids is 1. The number of urea groups is 1. The summed E-state index contributed by atoms with van der Waals surface area (Å²) in [6.07, 6.45) is -0.757. The minimum absolute atomic E-state index is 0.0150. The Bertz CT molecular complexity index is 546. The van der Waals surface area contributed by atoms with Crippen LogP contribution < -0.4 is 5.32 Å². The first-order valence-corrected chi connectivity index (χ1v) is 6.31. The first-order valence-electron chi connectivity index (χ1n) is 6.31. The number of nitrogens with one attached hydrogen (secondary N) is 1. The number of β-amino-alcohol motifs (C(OH)–C–C–N with tert-alkyl or cyclic N) is 1. The second kappa shape index (κ2) is 5.46. The molecule has 3 N–H and O–H groups in total. The first kappa shape index (κ1) is 14.3. The van der Waals surface area contributed by atoms with Gasteiger partial charge in [-0.15, -0.1) is 0 Å². The van der Waals surface area contributed by atoms with E-state index in [0.29, 0.717) is 11.4 Å². The molecule has 1 aromatic heterocycles. The Morgan fingerprint density at radius 3 is 2.70 bits per heavy atom. The highest BCUT2D eigenvalue weighted by molar-refractivity contribution is 5.93. The molecular formula is C13H17N3O4. The third-order valence-corrected chi connectivity index (χ3v) is 3.29. The molecule has 0 radical (unpaired) electrons. The number of anilines is 1. The van der Waals surface area contributed by atoms with Crippen molar-refractivity contribution in [2.75, 3.05) is 11.9 Å². The lowest BCUT2D eigenvalue weighted by Crippen LogP contribution is -2.43. The first-order chi connectivity index (χ1) is 9.38. The number of carboxylic acid groups (broad SMARTS) is 1. The number of carboxylic acids is 1. The van der Waals surface area contributed by atoms with Crippen LogP contribution >= 0.6 is 0 Å². The Kier molecular flexibility index (Phi) is 3.89. The van der Waals surface area contributed by atoms with Gasteiger partial charge in [-0.3, -0.25) is 4.98 Å². The molecule has 1 fully saturated rings. The SMILES string of the molecule is Cc1ccc(NC(=O)N2C[C@H](O)C[C@H]2C(=O)O)c(C)n1. The topological polar surface area (TPSA) is 103 Å². The number of hydrogen-bond donors (Lipinski definition) is 3. The van der Waals surface area contributed by atoms with E-state index in [2.05, 4.69) is 10.3 Å². The van der Waals surface area contributed by atoms with Crippen molar-refractivity contribution >= 4 is 17.7 Å². The number of aliphatic hydroxyl groups excluding tert-OH is 1. The number of likely N-dealkylation sites (tertiary alicyclic amines) is 1. The number of aliphatic hydroxyl groups is 1. The number of carbonyl (C=O) groups is 2. The Balaban J connectivity index is 2.13. The van der Waals surface area contributed by atoms with Crippen molar-refractivity contribution < 1.29 is 19.8 Å². The van der Waals surface area contributed by atoms with E-state index in [1.54, 1.807) is 19.1 Å². The molecule has 0 unspecified atom stereocenters. The van der Waals surface area contributed by atoms with Crippen LogP contribution in [-0.2, 0) is 4.79 Å². The van der Waals surface area contributed by atoms with Crippen molar-refractivity contribution in [2.45, 2.75) is 32.4 Å². The molecule has 0 saturated carbocycles. The molecule has 0 bridgehead atoms. The molecule has 2 amide bonds. The quantitative estimate of drug-likeness (QED) is 0.741. The van der Waals surface area contributed by atoms with E-state index in [9.17, 15) is 14.7 Å². The van der Waals surface area contributed by atoms with Gasteiger partial charge >= 0.3 is 12.0 Å². The molecule has 7 heteroatoms. The van der Waals surface area contributed by atoms with Gasteiger partial charge in [0.15, 0.2) is 0 Å². The minimum Gasteiger partial charge on any atom is -0.480 e. The van der Waals surface area contributed by atoms with Crippen molar-refractivity contribution in [3.8, 4) is 0 Å². The number of rotatable bonds is 2. The van der Waals surface area contributed by atoms with Crippen LogP contribution in [0.15, 0.2) is 12.1 Å². The summed E-state index contributed by atoms with van der Waals surface area (Å²) in [7, 11) is 0. The lowest BCUT2D eigenvalue weighted by Gasteiger charge is -2.22. The van der Waals surface area contributed by atoms with Gasteiger partial charge in [0.05, 0.1) is 17.5 Å². The molecule has 20 heavy (non-hydrogen) atoms. The normalized spacial score (nSPS) is 21.9. The van der Waals surface area contributed by atoms with E-state index in [4.69, 9.17) is 5.11 Å². The van der Waals surface area contributed by atoms with Gasteiger partial charge in [-0.2, -0.15) is 0 Å². The molecule has 1 saturated heterocycles. The summed E-state index contributed by atoms with van der Waals surface area (Å²) < 4.78 is 0. The van der Waals surface area contributed by atoms with Crippen molar-refractivity contribution in [2.24, 2.45) is 0 Å². The Labute approximate surface area is 116 Å². The zero-order chi connectivity index (χ0) is 14.9. The lowest BCUT2D eigenvalue weighted by molar-refractivity contribution is -0.141. The maximum atomic E-state index is 12.1. The van der Waals surface area contributed by atoms with E-state index in [1.807, 2.05) is 6.92 Å². The third kappa shape index (κ3) is 2.88. The van der Waals surface area contributed by atoms with Crippen LogP contribution in [0.5, 0.6) is 0 Å². The third-order valence-electron chi connectivity index (χ3n) is 3.29.